The van der Waals surface area contributed by atoms with Crippen LogP contribution in [0.2, 0.25) is 5.02 Å². The average Bonchev–Trinajstić information content (AvgIpc) is 2.36. The molecule has 3 aromatic carbocycles. The van der Waals surface area contributed by atoms with Gasteiger partial charge in [-0.2, -0.15) is 8.42 Å². The Hall–Kier alpha value is -0.620. The molecule has 3 aromatic rings. The molecule has 98 valence electrons. The van der Waals surface area contributed by atoms with Crippen molar-refractivity contribution in [3.05, 3.63) is 53.6 Å². The van der Waals surface area contributed by atoms with Crippen LogP contribution in [0.3, 0.4) is 0 Å². The monoisotopic (exact) mass is 316 g/mol. The average molecular weight is 317 g/mol. The van der Waals surface area contributed by atoms with Crippen LogP contribution in [-0.2, 0) is 10.1 Å². The Morgan fingerprint density at radius 1 is 0.850 bits per heavy atom. The molecule has 3 rings (SSSR count). The van der Waals surface area contributed by atoms with Gasteiger partial charge in [0.2, 0.25) is 0 Å². The molecular formula is C14H10ClNaO3S. The van der Waals surface area contributed by atoms with Gasteiger partial charge >= 0.3 is 29.6 Å². The second-order valence-electron chi connectivity index (χ2n) is 4.23. The molecule has 0 atom stereocenters. The quantitative estimate of drug-likeness (QED) is 0.426. The summed E-state index contributed by atoms with van der Waals surface area (Å²) in [4.78, 5) is -0.239. The van der Waals surface area contributed by atoms with Crippen LogP contribution in [0.4, 0.5) is 0 Å². The van der Waals surface area contributed by atoms with Crippen LogP contribution in [0.1, 0.15) is 0 Å². The summed E-state index contributed by atoms with van der Waals surface area (Å²) in [5, 5.41) is 3.11. The summed E-state index contributed by atoms with van der Waals surface area (Å²) in [6, 6.07) is 14.3. The molecule has 0 aliphatic rings. The zero-order valence-electron chi connectivity index (χ0n) is 9.67. The Labute approximate surface area is 143 Å². The summed E-state index contributed by atoms with van der Waals surface area (Å²) in [6.45, 7) is 0. The van der Waals surface area contributed by atoms with Crippen LogP contribution in [0.25, 0.3) is 21.5 Å². The van der Waals surface area contributed by atoms with Crippen molar-refractivity contribution in [2.45, 2.75) is 4.90 Å². The third-order valence-corrected chi connectivity index (χ3v) is 4.47. The summed E-state index contributed by atoms with van der Waals surface area (Å²) in [5.41, 5.74) is 0. The SMILES string of the molecule is O=S(=O)(O)c1c(Cl)ccc2c1ccc1ccccc12.[NaH]. The van der Waals surface area contributed by atoms with E-state index in [4.69, 9.17) is 11.6 Å². The van der Waals surface area contributed by atoms with Gasteiger partial charge in [-0.25, -0.2) is 0 Å². The van der Waals surface area contributed by atoms with Crippen molar-refractivity contribution in [1.29, 1.82) is 0 Å². The van der Waals surface area contributed by atoms with Gasteiger partial charge in [-0.1, -0.05) is 54.1 Å². The second kappa shape index (κ2) is 5.64. The molecule has 0 fully saturated rings. The fraction of sp³-hybridized carbons (Fsp3) is 0. The number of benzene rings is 3. The van der Waals surface area contributed by atoms with Crippen molar-refractivity contribution >= 4 is 72.8 Å². The van der Waals surface area contributed by atoms with E-state index in [2.05, 4.69) is 0 Å². The van der Waals surface area contributed by atoms with Crippen LogP contribution >= 0.6 is 11.6 Å². The molecule has 0 amide bonds. The van der Waals surface area contributed by atoms with Crippen molar-refractivity contribution in [2.75, 3.05) is 0 Å². The fourth-order valence-electron chi connectivity index (χ4n) is 2.30. The van der Waals surface area contributed by atoms with E-state index in [1.54, 1.807) is 12.1 Å². The summed E-state index contributed by atoms with van der Waals surface area (Å²) in [6.07, 6.45) is 0. The minimum atomic E-state index is -4.36. The first kappa shape index (κ1) is 15.8. The van der Waals surface area contributed by atoms with E-state index in [1.807, 2.05) is 30.3 Å². The molecule has 0 saturated heterocycles. The van der Waals surface area contributed by atoms with Gasteiger partial charge in [0.05, 0.1) is 5.02 Å². The van der Waals surface area contributed by atoms with E-state index in [1.165, 1.54) is 6.07 Å². The maximum absolute atomic E-state index is 11.5. The van der Waals surface area contributed by atoms with E-state index in [0.717, 1.165) is 16.2 Å². The molecule has 0 bridgehead atoms. The van der Waals surface area contributed by atoms with Crippen LogP contribution in [0.5, 0.6) is 0 Å². The zero-order valence-corrected chi connectivity index (χ0v) is 11.2. The van der Waals surface area contributed by atoms with Crippen LogP contribution in [-0.4, -0.2) is 42.5 Å². The molecule has 0 saturated carbocycles. The Morgan fingerprint density at radius 2 is 1.50 bits per heavy atom. The van der Waals surface area contributed by atoms with E-state index < -0.39 is 10.1 Å². The first-order valence-electron chi connectivity index (χ1n) is 5.56. The third-order valence-electron chi connectivity index (χ3n) is 3.09. The predicted octanol–water partition coefficient (Wildman–Crippen LogP) is 3.24. The molecule has 0 radical (unpaired) electrons. The summed E-state index contributed by atoms with van der Waals surface area (Å²) < 4.78 is 32.3. The number of rotatable bonds is 1. The normalized spacial score (nSPS) is 11.5. The van der Waals surface area contributed by atoms with Gasteiger partial charge in [-0.3, -0.25) is 4.55 Å². The van der Waals surface area contributed by atoms with Crippen LogP contribution in [0, 0.1) is 0 Å². The second-order valence-corrected chi connectivity index (χ2v) is 6.00. The summed E-state index contributed by atoms with van der Waals surface area (Å²) >= 11 is 5.90. The standard InChI is InChI=1S/C14H9ClO3S.Na.H/c15-13-8-7-11-10-4-2-1-3-9(10)5-6-12(11)14(13)19(16,17)18;;/h1-8H,(H,16,17,18);;. The maximum atomic E-state index is 11.5. The van der Waals surface area contributed by atoms with Crippen molar-refractivity contribution in [2.24, 2.45) is 0 Å². The van der Waals surface area contributed by atoms with Gasteiger partial charge in [-0.15, -0.1) is 0 Å². The minimum absolute atomic E-state index is 0. The van der Waals surface area contributed by atoms with Gasteiger partial charge in [0.25, 0.3) is 10.1 Å². The molecule has 0 aliphatic heterocycles. The van der Waals surface area contributed by atoms with Crippen LogP contribution < -0.4 is 0 Å². The molecule has 0 unspecified atom stereocenters. The molecule has 0 heterocycles. The van der Waals surface area contributed by atoms with E-state index in [0.29, 0.717) is 5.39 Å². The third kappa shape index (κ3) is 2.60. The fourth-order valence-corrected chi connectivity index (χ4v) is 3.52. The van der Waals surface area contributed by atoms with Crippen LogP contribution in [0.15, 0.2) is 53.4 Å². The predicted molar refractivity (Wildman–Crippen MR) is 83.4 cm³/mol. The van der Waals surface area contributed by atoms with Gasteiger partial charge in [0, 0.05) is 5.39 Å². The van der Waals surface area contributed by atoms with Gasteiger partial charge in [-0.05, 0) is 22.2 Å². The Balaban J connectivity index is 0.00000147. The van der Waals surface area contributed by atoms with Gasteiger partial charge in [0.15, 0.2) is 0 Å². The van der Waals surface area contributed by atoms with Crippen molar-refractivity contribution < 1.29 is 13.0 Å². The number of halogens is 1. The molecule has 0 aromatic heterocycles. The molecule has 1 N–H and O–H groups in total. The molecule has 20 heavy (non-hydrogen) atoms. The summed E-state index contributed by atoms with van der Waals surface area (Å²) in [5.74, 6) is 0. The van der Waals surface area contributed by atoms with Crippen molar-refractivity contribution in [1.82, 2.24) is 0 Å². The number of hydrogen-bond donors (Lipinski definition) is 1. The molecule has 3 nitrogen and oxygen atoms in total. The zero-order chi connectivity index (χ0) is 13.6. The van der Waals surface area contributed by atoms with Gasteiger partial charge in [0.1, 0.15) is 4.90 Å². The topological polar surface area (TPSA) is 54.4 Å². The Bertz CT molecular complexity index is 907. The molecule has 0 aliphatic carbocycles. The molecular weight excluding hydrogens is 307 g/mol. The first-order valence-corrected chi connectivity index (χ1v) is 7.38. The van der Waals surface area contributed by atoms with E-state index >= 15 is 0 Å². The molecule has 0 spiro atoms. The number of hydrogen-bond acceptors (Lipinski definition) is 2. The molecule has 6 heteroatoms. The van der Waals surface area contributed by atoms with Gasteiger partial charge < -0.3 is 0 Å². The summed E-state index contributed by atoms with van der Waals surface area (Å²) in [7, 11) is -4.36. The van der Waals surface area contributed by atoms with E-state index in [9.17, 15) is 13.0 Å². The van der Waals surface area contributed by atoms with Crippen molar-refractivity contribution in [3.63, 3.8) is 0 Å². The Kier molecular flexibility index (Phi) is 4.44. The van der Waals surface area contributed by atoms with Crippen molar-refractivity contribution in [3.8, 4) is 0 Å². The van der Waals surface area contributed by atoms with E-state index in [-0.39, 0.29) is 39.5 Å². The Morgan fingerprint density at radius 3 is 2.20 bits per heavy atom. The first-order chi connectivity index (χ1) is 8.98. The number of fused-ring (bicyclic) bond motifs is 3.